The first-order chi connectivity index (χ1) is 13.2. The number of carbonyl (C=O) groups excluding carboxylic acids is 2. The smallest absolute Gasteiger partial charge is 0.410 e. The van der Waals surface area contributed by atoms with Crippen LogP contribution >= 0.6 is 24.0 Å². The molecule has 3 aliphatic rings. The number of guanidine groups is 1. The molecule has 0 aromatic rings. The fourth-order valence-electron chi connectivity index (χ4n) is 3.84. The zero-order valence-corrected chi connectivity index (χ0v) is 20.3. The van der Waals surface area contributed by atoms with Gasteiger partial charge >= 0.3 is 6.09 Å². The van der Waals surface area contributed by atoms with Crippen molar-refractivity contribution >= 4 is 41.9 Å². The SMILES string of the molecule is CC(=O)N1CCN(CCNC2=NCC3CN(C(=O)OC(C)(C)C)CCN23)CC1.I. The Labute approximate surface area is 190 Å². The normalized spacial score (nSPS) is 22.6. The maximum Gasteiger partial charge on any atom is 0.410 e. The van der Waals surface area contributed by atoms with Gasteiger partial charge in [-0.1, -0.05) is 0 Å². The molecular weight excluding hydrogens is 487 g/mol. The molecule has 3 rings (SSSR count). The zero-order valence-electron chi connectivity index (χ0n) is 18.0. The molecular formula is C19H35IN6O3. The second-order valence-corrected chi connectivity index (χ2v) is 8.71. The number of carbonyl (C=O) groups is 2. The van der Waals surface area contributed by atoms with Gasteiger partial charge in [-0.25, -0.2) is 4.79 Å². The fraction of sp³-hybridized carbons (Fsp3) is 0.842. The van der Waals surface area contributed by atoms with Crippen molar-refractivity contribution in [2.24, 2.45) is 4.99 Å². The van der Waals surface area contributed by atoms with E-state index in [1.54, 1.807) is 11.8 Å². The summed E-state index contributed by atoms with van der Waals surface area (Å²) in [5, 5.41) is 3.46. The topological polar surface area (TPSA) is 80.7 Å². The molecule has 0 bridgehead atoms. The summed E-state index contributed by atoms with van der Waals surface area (Å²) in [6.07, 6.45) is -0.238. The Hall–Kier alpha value is -1.30. The molecule has 0 aromatic heterocycles. The number of rotatable bonds is 3. The Balaban J connectivity index is 0.00000300. The highest BCUT2D eigenvalue weighted by molar-refractivity contribution is 14.0. The number of amides is 2. The minimum absolute atomic E-state index is 0. The summed E-state index contributed by atoms with van der Waals surface area (Å²) in [7, 11) is 0. The van der Waals surface area contributed by atoms with E-state index in [0.717, 1.165) is 51.8 Å². The van der Waals surface area contributed by atoms with E-state index < -0.39 is 5.60 Å². The average molecular weight is 522 g/mol. The number of nitrogens with zero attached hydrogens (tertiary/aromatic N) is 5. The van der Waals surface area contributed by atoms with Crippen molar-refractivity contribution in [3.8, 4) is 0 Å². The number of fused-ring (bicyclic) bond motifs is 1. The highest BCUT2D eigenvalue weighted by atomic mass is 127. The lowest BCUT2D eigenvalue weighted by molar-refractivity contribution is -0.130. The van der Waals surface area contributed by atoms with Crippen LogP contribution in [0, 0.1) is 0 Å². The summed E-state index contributed by atoms with van der Waals surface area (Å²) in [4.78, 5) is 36.7. The van der Waals surface area contributed by atoms with Crippen molar-refractivity contribution in [1.82, 2.24) is 24.9 Å². The van der Waals surface area contributed by atoms with Crippen LogP contribution in [0.3, 0.4) is 0 Å². The third kappa shape index (κ3) is 6.59. The molecule has 2 saturated heterocycles. The molecule has 166 valence electrons. The Bertz CT molecular complexity index is 616. The molecule has 2 fully saturated rings. The zero-order chi connectivity index (χ0) is 20.3. The van der Waals surface area contributed by atoms with Crippen LogP contribution in [-0.2, 0) is 9.53 Å². The molecule has 3 heterocycles. The van der Waals surface area contributed by atoms with Crippen LogP contribution in [0.15, 0.2) is 4.99 Å². The number of nitrogens with one attached hydrogen (secondary N) is 1. The molecule has 29 heavy (non-hydrogen) atoms. The van der Waals surface area contributed by atoms with E-state index >= 15 is 0 Å². The van der Waals surface area contributed by atoms with Gasteiger partial charge in [-0.2, -0.15) is 0 Å². The number of hydrogen-bond acceptors (Lipinski definition) is 7. The highest BCUT2D eigenvalue weighted by Crippen LogP contribution is 2.18. The molecule has 0 aromatic carbocycles. The van der Waals surface area contributed by atoms with Crippen LogP contribution in [0.2, 0.25) is 0 Å². The van der Waals surface area contributed by atoms with E-state index in [1.165, 1.54) is 0 Å². The standard InChI is InChI=1S/C19H34N6O3.HI/c1-15(26)23-9-7-22(8-10-23)6-5-20-17-21-13-16-14-24(11-12-25(16)17)18(27)28-19(2,3)4;/h16H,5-14H2,1-4H3,(H,20,21);1H. The van der Waals surface area contributed by atoms with Crippen molar-refractivity contribution in [2.45, 2.75) is 39.3 Å². The predicted molar refractivity (Wildman–Crippen MR) is 123 cm³/mol. The van der Waals surface area contributed by atoms with Crippen LogP contribution in [-0.4, -0.2) is 115 Å². The van der Waals surface area contributed by atoms with Crippen molar-refractivity contribution in [3.05, 3.63) is 0 Å². The van der Waals surface area contributed by atoms with Gasteiger partial charge in [-0.15, -0.1) is 24.0 Å². The third-order valence-corrected chi connectivity index (χ3v) is 5.39. The van der Waals surface area contributed by atoms with Crippen LogP contribution in [0.1, 0.15) is 27.7 Å². The lowest BCUT2D eigenvalue weighted by Crippen LogP contribution is -2.58. The minimum atomic E-state index is -0.469. The summed E-state index contributed by atoms with van der Waals surface area (Å²) in [5.74, 6) is 1.10. The number of piperazine rings is 2. The van der Waals surface area contributed by atoms with Crippen molar-refractivity contribution in [2.75, 3.05) is 65.4 Å². The number of aliphatic imine (C=N–C) groups is 1. The molecule has 2 amide bonds. The highest BCUT2D eigenvalue weighted by Gasteiger charge is 2.36. The molecule has 3 aliphatic heterocycles. The molecule has 1 unspecified atom stereocenters. The van der Waals surface area contributed by atoms with E-state index in [4.69, 9.17) is 4.74 Å². The van der Waals surface area contributed by atoms with Gasteiger partial charge in [0, 0.05) is 65.8 Å². The Morgan fingerprint density at radius 2 is 1.76 bits per heavy atom. The van der Waals surface area contributed by atoms with Gasteiger partial charge in [0.2, 0.25) is 5.91 Å². The summed E-state index contributed by atoms with van der Waals surface area (Å²) < 4.78 is 5.49. The third-order valence-electron chi connectivity index (χ3n) is 5.39. The van der Waals surface area contributed by atoms with Gasteiger partial charge in [0.25, 0.3) is 0 Å². The Morgan fingerprint density at radius 1 is 1.10 bits per heavy atom. The summed E-state index contributed by atoms with van der Waals surface area (Å²) in [6, 6.07) is 0.225. The molecule has 10 heteroatoms. The lowest BCUT2D eigenvalue weighted by Gasteiger charge is -2.39. The molecule has 0 saturated carbocycles. The van der Waals surface area contributed by atoms with Crippen molar-refractivity contribution in [1.29, 1.82) is 0 Å². The Kier molecular flexibility index (Phi) is 8.38. The second-order valence-electron chi connectivity index (χ2n) is 8.71. The van der Waals surface area contributed by atoms with E-state index in [-0.39, 0.29) is 42.0 Å². The lowest BCUT2D eigenvalue weighted by atomic mass is 10.2. The van der Waals surface area contributed by atoms with Gasteiger partial charge < -0.3 is 24.8 Å². The number of halogens is 1. The first-order valence-electron chi connectivity index (χ1n) is 10.2. The maximum absolute atomic E-state index is 12.3. The number of hydrogen-bond donors (Lipinski definition) is 1. The maximum atomic E-state index is 12.3. The van der Waals surface area contributed by atoms with E-state index in [0.29, 0.717) is 19.6 Å². The molecule has 0 aliphatic carbocycles. The predicted octanol–water partition coefficient (Wildman–Crippen LogP) is 0.649. The molecule has 9 nitrogen and oxygen atoms in total. The minimum Gasteiger partial charge on any atom is -0.444 e. The van der Waals surface area contributed by atoms with Crippen LogP contribution < -0.4 is 5.32 Å². The second kappa shape index (κ2) is 10.1. The largest absolute Gasteiger partial charge is 0.444 e. The first-order valence-corrected chi connectivity index (χ1v) is 10.2. The van der Waals surface area contributed by atoms with Gasteiger partial charge in [0.05, 0.1) is 12.6 Å². The molecule has 0 spiro atoms. The number of ether oxygens (including phenoxy) is 1. The van der Waals surface area contributed by atoms with Gasteiger partial charge in [-0.3, -0.25) is 14.7 Å². The summed E-state index contributed by atoms with van der Waals surface area (Å²) >= 11 is 0. The summed E-state index contributed by atoms with van der Waals surface area (Å²) in [6.45, 7) is 15.3. The van der Waals surface area contributed by atoms with Crippen molar-refractivity contribution < 1.29 is 14.3 Å². The van der Waals surface area contributed by atoms with E-state index in [2.05, 4.69) is 20.1 Å². The van der Waals surface area contributed by atoms with Crippen LogP contribution in [0.25, 0.3) is 0 Å². The van der Waals surface area contributed by atoms with Crippen LogP contribution in [0.5, 0.6) is 0 Å². The van der Waals surface area contributed by atoms with E-state index in [1.807, 2.05) is 25.7 Å². The monoisotopic (exact) mass is 522 g/mol. The fourth-order valence-corrected chi connectivity index (χ4v) is 3.84. The van der Waals surface area contributed by atoms with Gasteiger partial charge in [0.15, 0.2) is 5.96 Å². The van der Waals surface area contributed by atoms with Gasteiger partial charge in [-0.05, 0) is 20.8 Å². The summed E-state index contributed by atoms with van der Waals surface area (Å²) in [5.41, 5.74) is -0.469. The van der Waals surface area contributed by atoms with Crippen molar-refractivity contribution in [3.63, 3.8) is 0 Å². The van der Waals surface area contributed by atoms with E-state index in [9.17, 15) is 9.59 Å². The van der Waals surface area contributed by atoms with Gasteiger partial charge in [0.1, 0.15) is 5.60 Å². The quantitative estimate of drug-likeness (QED) is 0.549. The molecule has 1 N–H and O–H groups in total. The Morgan fingerprint density at radius 3 is 2.38 bits per heavy atom. The first kappa shape index (κ1) is 24.0. The average Bonchev–Trinajstić information content (AvgIpc) is 3.03. The molecule has 0 radical (unpaired) electrons. The van der Waals surface area contributed by atoms with Crippen LogP contribution in [0.4, 0.5) is 4.79 Å². The molecule has 1 atom stereocenters.